The van der Waals surface area contributed by atoms with Gasteiger partial charge in [0.2, 0.25) is 5.89 Å². The predicted octanol–water partition coefficient (Wildman–Crippen LogP) is 4.00. The molecule has 0 fully saturated rings. The van der Waals surface area contributed by atoms with Crippen molar-refractivity contribution in [3.05, 3.63) is 59.2 Å². The number of carbonyl (C=O) groups excluding carboxylic acids is 1. The first-order chi connectivity index (χ1) is 12.1. The van der Waals surface area contributed by atoms with Crippen LogP contribution in [0.1, 0.15) is 28.4 Å². The molecule has 0 atom stereocenters. The molecule has 1 amide bonds. The fourth-order valence-corrected chi connectivity index (χ4v) is 2.30. The summed E-state index contributed by atoms with van der Waals surface area (Å²) >= 11 is 0. The fraction of sp³-hybridized carbons (Fsp3) is 0.211. The number of nitrogens with zero attached hydrogens (tertiary/aromatic N) is 2. The maximum absolute atomic E-state index is 12.3. The van der Waals surface area contributed by atoms with E-state index in [0.29, 0.717) is 18.1 Å². The van der Waals surface area contributed by atoms with Crippen LogP contribution >= 0.6 is 0 Å². The highest BCUT2D eigenvalue weighted by atomic mass is 16.5. The highest BCUT2D eigenvalue weighted by molar-refractivity contribution is 6.03. The molecule has 0 radical (unpaired) electrons. The van der Waals surface area contributed by atoms with E-state index in [9.17, 15) is 4.79 Å². The van der Waals surface area contributed by atoms with Crippen molar-refractivity contribution < 1.29 is 13.9 Å². The van der Waals surface area contributed by atoms with Gasteiger partial charge < -0.3 is 9.15 Å². The maximum Gasteiger partial charge on any atom is 0.322 e. The van der Waals surface area contributed by atoms with Gasteiger partial charge in [0, 0.05) is 11.1 Å². The van der Waals surface area contributed by atoms with E-state index in [4.69, 9.17) is 9.15 Å². The molecule has 25 heavy (non-hydrogen) atoms. The van der Waals surface area contributed by atoms with E-state index < -0.39 is 0 Å². The summed E-state index contributed by atoms with van der Waals surface area (Å²) in [6, 6.07) is 12.9. The molecule has 0 saturated carbocycles. The number of benzene rings is 2. The average Bonchev–Trinajstić information content (AvgIpc) is 3.06. The van der Waals surface area contributed by atoms with E-state index in [-0.39, 0.29) is 11.9 Å². The molecule has 0 bridgehead atoms. The smallest absolute Gasteiger partial charge is 0.322 e. The monoisotopic (exact) mass is 337 g/mol. The Hall–Kier alpha value is -3.15. The zero-order valence-electron chi connectivity index (χ0n) is 14.4. The Bertz CT molecular complexity index is 885. The van der Waals surface area contributed by atoms with Crippen LogP contribution in [-0.2, 0) is 0 Å². The van der Waals surface area contributed by atoms with E-state index in [0.717, 1.165) is 22.4 Å². The second kappa shape index (κ2) is 7.17. The van der Waals surface area contributed by atoms with Crippen LogP contribution in [0.5, 0.6) is 5.75 Å². The lowest BCUT2D eigenvalue weighted by Gasteiger charge is -2.04. The van der Waals surface area contributed by atoms with Crippen LogP contribution < -0.4 is 10.1 Å². The van der Waals surface area contributed by atoms with E-state index >= 15 is 0 Å². The van der Waals surface area contributed by atoms with Crippen LogP contribution in [0.4, 0.5) is 6.01 Å². The van der Waals surface area contributed by atoms with Gasteiger partial charge in [0.25, 0.3) is 5.91 Å². The summed E-state index contributed by atoms with van der Waals surface area (Å²) in [5, 5.41) is 10.5. The van der Waals surface area contributed by atoms with Gasteiger partial charge >= 0.3 is 6.01 Å². The fourth-order valence-electron chi connectivity index (χ4n) is 2.30. The number of carbonyl (C=O) groups is 1. The number of anilines is 1. The van der Waals surface area contributed by atoms with Crippen molar-refractivity contribution in [2.24, 2.45) is 0 Å². The first kappa shape index (κ1) is 16.7. The topological polar surface area (TPSA) is 77.3 Å². The van der Waals surface area contributed by atoms with Gasteiger partial charge in [-0.05, 0) is 68.3 Å². The van der Waals surface area contributed by atoms with Gasteiger partial charge in [0.05, 0.1) is 6.61 Å². The molecule has 0 aliphatic carbocycles. The summed E-state index contributed by atoms with van der Waals surface area (Å²) in [7, 11) is 0. The lowest BCUT2D eigenvalue weighted by atomic mass is 10.1. The first-order valence-corrected chi connectivity index (χ1v) is 8.02. The maximum atomic E-state index is 12.3. The predicted molar refractivity (Wildman–Crippen MR) is 94.8 cm³/mol. The molecule has 0 spiro atoms. The molecule has 6 heteroatoms. The average molecular weight is 337 g/mol. The Morgan fingerprint density at radius 2 is 1.84 bits per heavy atom. The molecule has 0 saturated heterocycles. The van der Waals surface area contributed by atoms with Gasteiger partial charge in [-0.1, -0.05) is 11.2 Å². The van der Waals surface area contributed by atoms with Crippen molar-refractivity contribution in [2.75, 3.05) is 11.9 Å². The molecular formula is C19H19N3O3. The number of amides is 1. The highest BCUT2D eigenvalue weighted by Gasteiger charge is 2.13. The van der Waals surface area contributed by atoms with Crippen molar-refractivity contribution in [2.45, 2.75) is 20.8 Å². The van der Waals surface area contributed by atoms with Crippen LogP contribution in [0.25, 0.3) is 11.5 Å². The molecule has 0 unspecified atom stereocenters. The van der Waals surface area contributed by atoms with Gasteiger partial charge in [0.1, 0.15) is 5.75 Å². The molecule has 0 aliphatic heterocycles. The van der Waals surface area contributed by atoms with Crippen molar-refractivity contribution in [3.63, 3.8) is 0 Å². The van der Waals surface area contributed by atoms with E-state index in [1.54, 1.807) is 6.07 Å². The second-order valence-electron chi connectivity index (χ2n) is 5.62. The highest BCUT2D eigenvalue weighted by Crippen LogP contribution is 2.23. The van der Waals surface area contributed by atoms with Gasteiger partial charge in [-0.25, -0.2) is 0 Å². The molecule has 2 aromatic carbocycles. The Labute approximate surface area is 145 Å². The lowest BCUT2D eigenvalue weighted by molar-refractivity contribution is 0.102. The van der Waals surface area contributed by atoms with Gasteiger partial charge in [-0.15, -0.1) is 5.10 Å². The summed E-state index contributed by atoms with van der Waals surface area (Å²) in [5.41, 5.74) is 3.48. The van der Waals surface area contributed by atoms with E-state index in [1.165, 1.54) is 0 Å². The third-order valence-corrected chi connectivity index (χ3v) is 3.83. The number of aromatic nitrogens is 2. The Morgan fingerprint density at radius 1 is 1.08 bits per heavy atom. The molecule has 1 aromatic heterocycles. The quantitative estimate of drug-likeness (QED) is 0.761. The minimum atomic E-state index is -0.287. The van der Waals surface area contributed by atoms with Crippen molar-refractivity contribution >= 4 is 11.9 Å². The number of rotatable bonds is 5. The van der Waals surface area contributed by atoms with Crippen LogP contribution in [0.2, 0.25) is 0 Å². The first-order valence-electron chi connectivity index (χ1n) is 8.02. The third-order valence-electron chi connectivity index (χ3n) is 3.83. The van der Waals surface area contributed by atoms with Crippen molar-refractivity contribution in [1.82, 2.24) is 10.2 Å². The SMILES string of the molecule is CCOc1ccc(-c2nnc(NC(=O)c3ccc(C)c(C)c3)o2)cc1. The Morgan fingerprint density at radius 3 is 2.52 bits per heavy atom. The van der Waals surface area contributed by atoms with Gasteiger partial charge in [0.15, 0.2) is 0 Å². The van der Waals surface area contributed by atoms with Crippen LogP contribution in [-0.4, -0.2) is 22.7 Å². The molecule has 1 heterocycles. The molecule has 1 N–H and O–H groups in total. The molecule has 3 aromatic rings. The molecule has 3 rings (SSSR count). The number of nitrogens with one attached hydrogen (secondary N) is 1. The zero-order chi connectivity index (χ0) is 17.8. The summed E-state index contributed by atoms with van der Waals surface area (Å²) in [4.78, 5) is 12.3. The Balaban J connectivity index is 1.72. The number of ether oxygens (including phenoxy) is 1. The molecule has 128 valence electrons. The normalized spacial score (nSPS) is 10.5. The summed E-state index contributed by atoms with van der Waals surface area (Å²) in [6.07, 6.45) is 0. The van der Waals surface area contributed by atoms with Crippen molar-refractivity contribution in [1.29, 1.82) is 0 Å². The van der Waals surface area contributed by atoms with Crippen LogP contribution in [0, 0.1) is 13.8 Å². The van der Waals surface area contributed by atoms with Crippen LogP contribution in [0.3, 0.4) is 0 Å². The third kappa shape index (κ3) is 3.85. The molecule has 6 nitrogen and oxygen atoms in total. The number of hydrogen-bond donors (Lipinski definition) is 1. The van der Waals surface area contributed by atoms with Gasteiger partial charge in [-0.2, -0.15) is 0 Å². The van der Waals surface area contributed by atoms with Crippen molar-refractivity contribution in [3.8, 4) is 17.2 Å². The molecule has 0 aliphatic rings. The van der Waals surface area contributed by atoms with Gasteiger partial charge in [-0.3, -0.25) is 10.1 Å². The van der Waals surface area contributed by atoms with Crippen LogP contribution in [0.15, 0.2) is 46.9 Å². The second-order valence-corrected chi connectivity index (χ2v) is 5.62. The minimum Gasteiger partial charge on any atom is -0.494 e. The standard InChI is InChI=1S/C19H19N3O3/c1-4-24-16-9-7-14(8-10-16)18-21-22-19(25-18)20-17(23)15-6-5-12(2)13(3)11-15/h5-11H,4H2,1-3H3,(H,20,22,23). The van der Waals surface area contributed by atoms with E-state index in [2.05, 4.69) is 15.5 Å². The summed E-state index contributed by atoms with van der Waals surface area (Å²) in [5.74, 6) is 0.817. The zero-order valence-corrected chi connectivity index (χ0v) is 14.4. The summed E-state index contributed by atoms with van der Waals surface area (Å²) in [6.45, 7) is 6.49. The summed E-state index contributed by atoms with van der Waals surface area (Å²) < 4.78 is 10.9. The number of aryl methyl sites for hydroxylation is 2. The largest absolute Gasteiger partial charge is 0.494 e. The Kier molecular flexibility index (Phi) is 4.79. The minimum absolute atomic E-state index is 0.0621. The lowest BCUT2D eigenvalue weighted by Crippen LogP contribution is -2.12. The number of hydrogen-bond acceptors (Lipinski definition) is 5. The molecular weight excluding hydrogens is 318 g/mol. The van der Waals surface area contributed by atoms with E-state index in [1.807, 2.05) is 57.2 Å².